The van der Waals surface area contributed by atoms with Crippen molar-refractivity contribution >= 4 is 12.0 Å². The summed E-state index contributed by atoms with van der Waals surface area (Å²) in [4.78, 5) is 27.2. The predicted octanol–water partition coefficient (Wildman–Crippen LogP) is 1.90. The topological polar surface area (TPSA) is 70.1 Å². The van der Waals surface area contributed by atoms with Gasteiger partial charge < -0.3 is 19.6 Å². The number of aliphatic carboxylic acids is 1. The molecule has 0 aromatic heterocycles. The van der Waals surface area contributed by atoms with Gasteiger partial charge in [0.25, 0.3) is 0 Å². The van der Waals surface area contributed by atoms with E-state index in [4.69, 9.17) is 4.74 Å². The molecule has 1 heterocycles. The summed E-state index contributed by atoms with van der Waals surface area (Å²) in [6.07, 6.45) is 1.71. The highest BCUT2D eigenvalue weighted by atomic mass is 16.5. The Morgan fingerprint density at radius 3 is 2.67 bits per heavy atom. The minimum Gasteiger partial charge on any atom is -0.481 e. The van der Waals surface area contributed by atoms with Crippen LogP contribution in [0.3, 0.4) is 0 Å². The number of carboxylic acid groups (broad SMARTS) is 1. The molecule has 1 aliphatic heterocycles. The zero-order valence-corrected chi connectivity index (χ0v) is 13.6. The van der Waals surface area contributed by atoms with Crippen LogP contribution in [0.15, 0.2) is 0 Å². The van der Waals surface area contributed by atoms with Crippen LogP contribution in [0, 0.1) is 11.3 Å². The first-order valence-electron chi connectivity index (χ1n) is 7.61. The number of likely N-dealkylation sites (N-methyl/N-ethyl adjacent to an activating group) is 1. The summed E-state index contributed by atoms with van der Waals surface area (Å²) >= 11 is 0. The Morgan fingerprint density at radius 1 is 1.43 bits per heavy atom. The molecule has 1 saturated heterocycles. The standard InChI is InChI=1S/C15H28N2O4/c1-5-21-10-9-16(4)14(20)17-8-6-7-12(11-17)15(2,3)13(18)19/h12H,5-11H2,1-4H3,(H,18,19). The second-order valence-corrected chi connectivity index (χ2v) is 6.21. The molecule has 2 amide bonds. The molecular formula is C15H28N2O4. The molecule has 0 radical (unpaired) electrons. The van der Waals surface area contributed by atoms with Crippen molar-refractivity contribution in [2.24, 2.45) is 11.3 Å². The third kappa shape index (κ3) is 4.59. The lowest BCUT2D eigenvalue weighted by Gasteiger charge is -2.40. The number of carbonyl (C=O) groups is 2. The average Bonchev–Trinajstić information content (AvgIpc) is 2.46. The number of rotatable bonds is 6. The van der Waals surface area contributed by atoms with E-state index in [-0.39, 0.29) is 11.9 Å². The lowest BCUT2D eigenvalue weighted by atomic mass is 9.74. The van der Waals surface area contributed by atoms with Gasteiger partial charge in [0.1, 0.15) is 0 Å². The van der Waals surface area contributed by atoms with E-state index >= 15 is 0 Å². The molecule has 6 heteroatoms. The fourth-order valence-electron chi connectivity index (χ4n) is 2.60. The number of urea groups is 1. The van der Waals surface area contributed by atoms with E-state index in [1.807, 2.05) is 6.92 Å². The number of carboxylic acids is 1. The summed E-state index contributed by atoms with van der Waals surface area (Å²) in [5.74, 6) is -0.806. The molecule has 122 valence electrons. The molecule has 1 atom stereocenters. The molecular weight excluding hydrogens is 272 g/mol. The van der Waals surface area contributed by atoms with Crippen molar-refractivity contribution in [2.75, 3.05) is 39.9 Å². The first-order valence-corrected chi connectivity index (χ1v) is 7.61. The van der Waals surface area contributed by atoms with Crippen LogP contribution in [0.5, 0.6) is 0 Å². The molecule has 6 nitrogen and oxygen atoms in total. The number of hydrogen-bond donors (Lipinski definition) is 1. The Kier molecular flexibility index (Phi) is 6.45. The first kappa shape index (κ1) is 17.8. The second-order valence-electron chi connectivity index (χ2n) is 6.21. The van der Waals surface area contributed by atoms with Crippen LogP contribution in [-0.2, 0) is 9.53 Å². The van der Waals surface area contributed by atoms with E-state index in [2.05, 4.69) is 0 Å². The molecule has 0 aromatic carbocycles. The van der Waals surface area contributed by atoms with Gasteiger partial charge in [0.2, 0.25) is 0 Å². The van der Waals surface area contributed by atoms with Crippen LogP contribution in [0.2, 0.25) is 0 Å². The van der Waals surface area contributed by atoms with Crippen LogP contribution < -0.4 is 0 Å². The Balaban J connectivity index is 2.59. The average molecular weight is 300 g/mol. The maximum absolute atomic E-state index is 12.4. The quantitative estimate of drug-likeness (QED) is 0.761. The molecule has 1 fully saturated rings. The van der Waals surface area contributed by atoms with E-state index in [0.29, 0.717) is 32.8 Å². The van der Waals surface area contributed by atoms with E-state index in [0.717, 1.165) is 12.8 Å². The van der Waals surface area contributed by atoms with Gasteiger partial charge in [-0.05, 0) is 39.5 Å². The van der Waals surface area contributed by atoms with E-state index < -0.39 is 11.4 Å². The number of likely N-dealkylation sites (tertiary alicyclic amines) is 1. The molecule has 0 saturated carbocycles. The third-order valence-electron chi connectivity index (χ3n) is 4.37. The van der Waals surface area contributed by atoms with Gasteiger partial charge in [0.05, 0.1) is 12.0 Å². The van der Waals surface area contributed by atoms with Crippen molar-refractivity contribution in [1.29, 1.82) is 0 Å². The zero-order valence-electron chi connectivity index (χ0n) is 13.6. The van der Waals surface area contributed by atoms with Gasteiger partial charge in [0.15, 0.2) is 0 Å². The maximum atomic E-state index is 12.4. The normalized spacial score (nSPS) is 19.4. The summed E-state index contributed by atoms with van der Waals surface area (Å²) in [5.41, 5.74) is -0.803. The number of hydrogen-bond acceptors (Lipinski definition) is 3. The van der Waals surface area contributed by atoms with Gasteiger partial charge in [0, 0.05) is 33.3 Å². The smallest absolute Gasteiger partial charge is 0.319 e. The molecule has 21 heavy (non-hydrogen) atoms. The predicted molar refractivity (Wildman–Crippen MR) is 80.2 cm³/mol. The second kappa shape index (κ2) is 7.64. The van der Waals surface area contributed by atoms with Crippen molar-refractivity contribution in [3.8, 4) is 0 Å². The highest BCUT2D eigenvalue weighted by Gasteiger charge is 2.40. The molecule has 1 unspecified atom stereocenters. The molecule has 1 aliphatic rings. The van der Waals surface area contributed by atoms with Crippen LogP contribution >= 0.6 is 0 Å². The monoisotopic (exact) mass is 300 g/mol. The van der Waals surface area contributed by atoms with Crippen molar-refractivity contribution in [1.82, 2.24) is 9.80 Å². The first-order chi connectivity index (χ1) is 9.80. The highest BCUT2D eigenvalue weighted by Crippen LogP contribution is 2.34. The van der Waals surface area contributed by atoms with Gasteiger partial charge in [-0.3, -0.25) is 4.79 Å². The van der Waals surface area contributed by atoms with Gasteiger partial charge in [-0.15, -0.1) is 0 Å². The highest BCUT2D eigenvalue weighted by molar-refractivity contribution is 5.76. The minimum atomic E-state index is -0.803. The summed E-state index contributed by atoms with van der Waals surface area (Å²) < 4.78 is 5.26. The third-order valence-corrected chi connectivity index (χ3v) is 4.37. The Morgan fingerprint density at radius 2 is 2.10 bits per heavy atom. The lowest BCUT2D eigenvalue weighted by molar-refractivity contribution is -0.151. The summed E-state index contributed by atoms with van der Waals surface area (Å²) in [6, 6.07) is -0.0411. The lowest BCUT2D eigenvalue weighted by Crippen LogP contribution is -2.50. The van der Waals surface area contributed by atoms with Crippen LogP contribution in [-0.4, -0.2) is 66.8 Å². The van der Waals surface area contributed by atoms with Crippen molar-refractivity contribution < 1.29 is 19.4 Å². The largest absolute Gasteiger partial charge is 0.481 e. The fourth-order valence-corrected chi connectivity index (χ4v) is 2.60. The molecule has 1 rings (SSSR count). The zero-order chi connectivity index (χ0) is 16.0. The SMILES string of the molecule is CCOCCN(C)C(=O)N1CCCC(C(C)(C)C(=O)O)C1. The van der Waals surface area contributed by atoms with E-state index in [9.17, 15) is 14.7 Å². The summed E-state index contributed by atoms with van der Waals surface area (Å²) in [5, 5.41) is 9.34. The van der Waals surface area contributed by atoms with Crippen LogP contribution in [0.1, 0.15) is 33.6 Å². The van der Waals surface area contributed by atoms with Crippen LogP contribution in [0.4, 0.5) is 4.79 Å². The fraction of sp³-hybridized carbons (Fsp3) is 0.867. The number of piperidine rings is 1. The number of nitrogens with zero attached hydrogens (tertiary/aromatic N) is 2. The molecule has 0 spiro atoms. The number of carbonyl (C=O) groups excluding carboxylic acids is 1. The maximum Gasteiger partial charge on any atom is 0.319 e. The number of amides is 2. The van der Waals surface area contributed by atoms with Gasteiger partial charge in [-0.2, -0.15) is 0 Å². The molecule has 1 N–H and O–H groups in total. The Labute approximate surface area is 127 Å². The van der Waals surface area contributed by atoms with Gasteiger partial charge in [-0.1, -0.05) is 0 Å². The van der Waals surface area contributed by atoms with E-state index in [1.165, 1.54) is 0 Å². The summed E-state index contributed by atoms with van der Waals surface area (Å²) in [7, 11) is 1.76. The minimum absolute atomic E-state index is 0.00649. The summed E-state index contributed by atoms with van der Waals surface area (Å²) in [6.45, 7) is 8.33. The van der Waals surface area contributed by atoms with Crippen LogP contribution in [0.25, 0.3) is 0 Å². The Hall–Kier alpha value is -1.30. The van der Waals surface area contributed by atoms with Crippen molar-refractivity contribution in [3.63, 3.8) is 0 Å². The molecule has 0 aromatic rings. The van der Waals surface area contributed by atoms with E-state index in [1.54, 1.807) is 30.7 Å². The molecule has 0 bridgehead atoms. The Bertz CT molecular complexity index is 371. The molecule has 0 aliphatic carbocycles. The van der Waals surface area contributed by atoms with Crippen molar-refractivity contribution in [3.05, 3.63) is 0 Å². The van der Waals surface area contributed by atoms with Crippen molar-refractivity contribution in [2.45, 2.75) is 33.6 Å². The van der Waals surface area contributed by atoms with Gasteiger partial charge >= 0.3 is 12.0 Å². The number of ether oxygens (including phenoxy) is 1. The van der Waals surface area contributed by atoms with Gasteiger partial charge in [-0.25, -0.2) is 4.79 Å².